The number of alkyl halides is 1. The first kappa shape index (κ1) is 16.3. The maximum atomic E-state index is 11.6. The minimum Gasteiger partial charge on any atom is -0.466 e. The standard InChI is InChI=1S/C14H24ClNO3/c1-2-19-14(18)10-11-5-7-12(8-6-11)16-13(17)4-3-9-15/h11-12H,2-10H2,1H3,(H,16,17). The molecule has 4 nitrogen and oxygen atoms in total. The lowest BCUT2D eigenvalue weighted by atomic mass is 9.84. The van der Waals surface area contributed by atoms with Gasteiger partial charge in [0.25, 0.3) is 0 Å². The largest absolute Gasteiger partial charge is 0.466 e. The fourth-order valence-electron chi connectivity index (χ4n) is 2.49. The summed E-state index contributed by atoms with van der Waals surface area (Å²) in [5, 5.41) is 3.04. The molecule has 5 heteroatoms. The Morgan fingerprint density at radius 1 is 1.26 bits per heavy atom. The number of carbonyl (C=O) groups excluding carboxylic acids is 2. The third kappa shape index (κ3) is 6.81. The third-order valence-corrected chi connectivity index (χ3v) is 3.78. The van der Waals surface area contributed by atoms with E-state index in [1.165, 1.54) is 0 Å². The first-order valence-electron chi connectivity index (χ1n) is 7.16. The highest BCUT2D eigenvalue weighted by Gasteiger charge is 2.24. The molecule has 1 fully saturated rings. The summed E-state index contributed by atoms with van der Waals surface area (Å²) in [7, 11) is 0. The minimum atomic E-state index is -0.0999. The van der Waals surface area contributed by atoms with Gasteiger partial charge in [-0.2, -0.15) is 0 Å². The fraction of sp³-hybridized carbons (Fsp3) is 0.857. The second-order valence-electron chi connectivity index (χ2n) is 5.09. The van der Waals surface area contributed by atoms with Crippen molar-refractivity contribution in [1.82, 2.24) is 5.32 Å². The van der Waals surface area contributed by atoms with Gasteiger partial charge in [0, 0.05) is 24.8 Å². The van der Waals surface area contributed by atoms with Gasteiger partial charge in [-0.3, -0.25) is 9.59 Å². The number of ether oxygens (including phenoxy) is 1. The Balaban J connectivity index is 2.18. The minimum absolute atomic E-state index is 0.0921. The quantitative estimate of drug-likeness (QED) is 0.579. The lowest BCUT2D eigenvalue weighted by Gasteiger charge is -2.28. The highest BCUT2D eigenvalue weighted by molar-refractivity contribution is 6.17. The van der Waals surface area contributed by atoms with Gasteiger partial charge < -0.3 is 10.1 Å². The summed E-state index contributed by atoms with van der Waals surface area (Å²) in [5.41, 5.74) is 0. The zero-order valence-electron chi connectivity index (χ0n) is 11.6. The van der Waals surface area contributed by atoms with Gasteiger partial charge in [-0.1, -0.05) is 0 Å². The lowest BCUT2D eigenvalue weighted by molar-refractivity contribution is -0.144. The highest BCUT2D eigenvalue weighted by atomic mass is 35.5. The lowest BCUT2D eigenvalue weighted by Crippen LogP contribution is -2.37. The van der Waals surface area contributed by atoms with Gasteiger partial charge >= 0.3 is 5.97 Å². The summed E-state index contributed by atoms with van der Waals surface area (Å²) in [4.78, 5) is 23.0. The van der Waals surface area contributed by atoms with Crippen LogP contribution in [-0.2, 0) is 14.3 Å². The number of halogens is 1. The number of hydrogen-bond acceptors (Lipinski definition) is 3. The first-order valence-corrected chi connectivity index (χ1v) is 7.70. The molecule has 0 bridgehead atoms. The van der Waals surface area contributed by atoms with Crippen molar-refractivity contribution in [1.29, 1.82) is 0 Å². The Bertz CT molecular complexity index is 288. The predicted molar refractivity (Wildman–Crippen MR) is 75.1 cm³/mol. The Morgan fingerprint density at radius 3 is 2.53 bits per heavy atom. The van der Waals surface area contributed by atoms with Crippen LogP contribution in [0.5, 0.6) is 0 Å². The number of esters is 1. The monoisotopic (exact) mass is 289 g/mol. The summed E-state index contributed by atoms with van der Waals surface area (Å²) < 4.78 is 4.96. The van der Waals surface area contributed by atoms with Crippen LogP contribution in [0.25, 0.3) is 0 Å². The van der Waals surface area contributed by atoms with Crippen molar-refractivity contribution >= 4 is 23.5 Å². The third-order valence-electron chi connectivity index (χ3n) is 3.51. The number of hydrogen-bond donors (Lipinski definition) is 1. The van der Waals surface area contributed by atoms with Gasteiger partial charge in [-0.25, -0.2) is 0 Å². The fourth-order valence-corrected chi connectivity index (χ4v) is 2.63. The second-order valence-corrected chi connectivity index (χ2v) is 5.46. The van der Waals surface area contributed by atoms with Crippen LogP contribution in [0.3, 0.4) is 0 Å². The van der Waals surface area contributed by atoms with Gasteiger partial charge in [0.1, 0.15) is 0 Å². The molecule has 0 aliphatic heterocycles. The topological polar surface area (TPSA) is 55.4 Å². The van der Waals surface area contributed by atoms with Crippen LogP contribution in [0.1, 0.15) is 51.9 Å². The molecule has 0 unspecified atom stereocenters. The number of amides is 1. The Kier molecular flexibility index (Phi) is 7.87. The van der Waals surface area contributed by atoms with Gasteiger partial charge in [0.05, 0.1) is 6.61 Å². The van der Waals surface area contributed by atoms with Crippen LogP contribution in [0.2, 0.25) is 0 Å². The van der Waals surface area contributed by atoms with Crippen LogP contribution in [0, 0.1) is 5.92 Å². The molecule has 1 aliphatic carbocycles. The normalized spacial score (nSPS) is 22.8. The zero-order chi connectivity index (χ0) is 14.1. The van der Waals surface area contributed by atoms with Crippen molar-refractivity contribution in [2.24, 2.45) is 5.92 Å². The molecule has 1 amide bonds. The molecule has 110 valence electrons. The SMILES string of the molecule is CCOC(=O)CC1CCC(NC(=O)CCCCl)CC1. The van der Waals surface area contributed by atoms with Crippen molar-refractivity contribution in [3.05, 3.63) is 0 Å². The van der Waals surface area contributed by atoms with Gasteiger partial charge in [0.15, 0.2) is 0 Å². The first-order chi connectivity index (χ1) is 9.15. The molecule has 1 aliphatic rings. The highest BCUT2D eigenvalue weighted by Crippen LogP contribution is 2.27. The van der Waals surface area contributed by atoms with E-state index in [2.05, 4.69) is 5.32 Å². The molecule has 0 radical (unpaired) electrons. The summed E-state index contributed by atoms with van der Waals surface area (Å²) in [6.07, 6.45) is 5.63. The van der Waals surface area contributed by atoms with E-state index in [0.717, 1.165) is 32.1 Å². The summed E-state index contributed by atoms with van der Waals surface area (Å²) in [5.74, 6) is 0.932. The number of nitrogens with one attached hydrogen (secondary N) is 1. The maximum Gasteiger partial charge on any atom is 0.306 e. The van der Waals surface area contributed by atoms with Crippen LogP contribution >= 0.6 is 11.6 Å². The van der Waals surface area contributed by atoms with Crippen molar-refractivity contribution in [2.75, 3.05) is 12.5 Å². The number of carbonyl (C=O) groups is 2. The van der Waals surface area contributed by atoms with Crippen molar-refractivity contribution in [2.45, 2.75) is 57.9 Å². The Labute approximate surface area is 120 Å². The summed E-state index contributed by atoms with van der Waals surface area (Å²) >= 11 is 5.56. The van der Waals surface area contributed by atoms with Crippen LogP contribution in [-0.4, -0.2) is 30.4 Å². The molecule has 0 aromatic rings. The van der Waals surface area contributed by atoms with Crippen LogP contribution in [0.4, 0.5) is 0 Å². The van der Waals surface area contributed by atoms with E-state index >= 15 is 0 Å². The zero-order valence-corrected chi connectivity index (χ0v) is 12.4. The van der Waals surface area contributed by atoms with Crippen molar-refractivity contribution in [3.8, 4) is 0 Å². The molecule has 1 N–H and O–H groups in total. The second kappa shape index (κ2) is 9.18. The molecule has 0 aromatic carbocycles. The van der Waals surface area contributed by atoms with E-state index < -0.39 is 0 Å². The molecular formula is C14H24ClNO3. The summed E-state index contributed by atoms with van der Waals surface area (Å²) in [6.45, 7) is 2.27. The molecule has 0 spiro atoms. The van der Waals surface area contributed by atoms with Gasteiger partial charge in [0.2, 0.25) is 5.91 Å². The maximum absolute atomic E-state index is 11.6. The predicted octanol–water partition coefficient (Wildman–Crippen LogP) is 2.63. The van der Waals surface area contributed by atoms with Gasteiger partial charge in [-0.05, 0) is 44.9 Å². The van der Waals surface area contributed by atoms with E-state index in [-0.39, 0.29) is 17.9 Å². The molecule has 1 saturated carbocycles. The van der Waals surface area contributed by atoms with Crippen molar-refractivity contribution in [3.63, 3.8) is 0 Å². The molecule has 0 saturated heterocycles. The molecule has 0 atom stereocenters. The van der Waals surface area contributed by atoms with E-state index in [1.807, 2.05) is 6.92 Å². The van der Waals surface area contributed by atoms with E-state index in [1.54, 1.807) is 0 Å². The van der Waals surface area contributed by atoms with E-state index in [0.29, 0.717) is 31.2 Å². The average molecular weight is 290 g/mol. The molecular weight excluding hydrogens is 266 g/mol. The Hall–Kier alpha value is -0.770. The van der Waals surface area contributed by atoms with E-state index in [9.17, 15) is 9.59 Å². The number of rotatable bonds is 7. The van der Waals surface area contributed by atoms with E-state index in [4.69, 9.17) is 16.3 Å². The average Bonchev–Trinajstić information content (AvgIpc) is 2.39. The molecule has 19 heavy (non-hydrogen) atoms. The van der Waals surface area contributed by atoms with Crippen molar-refractivity contribution < 1.29 is 14.3 Å². The molecule has 0 heterocycles. The van der Waals surface area contributed by atoms with Gasteiger partial charge in [-0.15, -0.1) is 11.6 Å². The Morgan fingerprint density at radius 2 is 1.95 bits per heavy atom. The summed E-state index contributed by atoms with van der Waals surface area (Å²) in [6, 6.07) is 0.265. The molecule has 1 rings (SSSR count). The smallest absolute Gasteiger partial charge is 0.306 e. The van der Waals surface area contributed by atoms with Crippen LogP contribution in [0.15, 0.2) is 0 Å². The molecule has 0 aromatic heterocycles. The van der Waals surface area contributed by atoms with Crippen LogP contribution < -0.4 is 5.32 Å².